The molecule has 14 rings (SSSR count). The van der Waals surface area contributed by atoms with E-state index in [1.54, 1.807) is 0 Å². The third kappa shape index (κ3) is 7.27. The molecule has 0 unspecified atom stereocenters. The summed E-state index contributed by atoms with van der Waals surface area (Å²) in [5.41, 5.74) is 22.1. The van der Waals surface area contributed by atoms with Crippen LogP contribution in [-0.2, 0) is 21.7 Å². The summed E-state index contributed by atoms with van der Waals surface area (Å²) in [6, 6.07) is 82.1. The van der Waals surface area contributed by atoms with Crippen molar-refractivity contribution in [3.63, 3.8) is 0 Å². The van der Waals surface area contributed by atoms with Gasteiger partial charge in [-0.25, -0.2) is 0 Å². The Hall–Kier alpha value is -8.25. The molecule has 0 radical (unpaired) electrons. The molecule has 3 aliphatic rings. The zero-order valence-corrected chi connectivity index (χ0v) is 46.8. The van der Waals surface area contributed by atoms with Crippen molar-refractivity contribution in [2.24, 2.45) is 0 Å². The largest absolute Gasteiger partial charge is 0.455 e. The second-order valence-corrected chi connectivity index (χ2v) is 25.7. The molecule has 0 amide bonds. The summed E-state index contributed by atoms with van der Waals surface area (Å²) in [4.78, 5) is 9.96. The summed E-state index contributed by atoms with van der Waals surface area (Å²) < 4.78 is 7.45. The maximum absolute atomic E-state index is 7.45. The van der Waals surface area contributed by atoms with E-state index in [1.165, 1.54) is 71.4 Å². The van der Waals surface area contributed by atoms with Gasteiger partial charge in [0.15, 0.2) is 0 Å². The molecule has 4 nitrogen and oxygen atoms in total. The number of fused-ring (bicyclic) bond motifs is 15. The van der Waals surface area contributed by atoms with Gasteiger partial charge in [-0.05, 0) is 158 Å². The Morgan fingerprint density at radius 1 is 0.410 bits per heavy atom. The molecule has 1 atom stereocenters. The van der Waals surface area contributed by atoms with Gasteiger partial charge in [-0.1, -0.05) is 195 Å². The average Bonchev–Trinajstić information content (AvgIpc) is 2.88. The average molecular weight is 1030 g/mol. The van der Waals surface area contributed by atoms with Crippen LogP contribution in [0.25, 0.3) is 33.1 Å². The third-order valence-corrected chi connectivity index (χ3v) is 17.8. The molecule has 0 saturated heterocycles. The van der Waals surface area contributed by atoms with Gasteiger partial charge in [0.2, 0.25) is 0 Å². The molecule has 5 heteroatoms. The lowest BCUT2D eigenvalue weighted by Gasteiger charge is -2.47. The molecule has 0 saturated carbocycles. The van der Waals surface area contributed by atoms with Crippen LogP contribution in [0, 0.1) is 0 Å². The molecule has 10 aromatic carbocycles. The molecule has 78 heavy (non-hydrogen) atoms. The second kappa shape index (κ2) is 17.4. The van der Waals surface area contributed by atoms with E-state index >= 15 is 0 Å². The van der Waals surface area contributed by atoms with Crippen molar-refractivity contribution in [2.75, 3.05) is 14.7 Å². The monoisotopic (exact) mass is 1030 g/mol. The first-order valence-corrected chi connectivity index (χ1v) is 28.3. The quantitative estimate of drug-likeness (QED) is 0.165. The van der Waals surface area contributed by atoms with E-state index in [-0.39, 0.29) is 16.2 Å². The highest BCUT2D eigenvalue weighted by molar-refractivity contribution is 7.99. The Balaban J connectivity index is 1.12. The molecule has 11 aromatic rings. The minimum absolute atomic E-state index is 0.00609. The zero-order chi connectivity index (χ0) is 53.5. The molecule has 2 aliphatic heterocycles. The lowest BCUT2D eigenvalue weighted by Crippen LogP contribution is -2.37. The first-order chi connectivity index (χ1) is 37.6. The highest BCUT2D eigenvalue weighted by Gasteiger charge is 2.55. The van der Waals surface area contributed by atoms with E-state index in [1.807, 2.05) is 11.8 Å². The summed E-state index contributed by atoms with van der Waals surface area (Å²) >= 11 is 1.87. The summed E-state index contributed by atoms with van der Waals surface area (Å²) in [5.74, 6) is 0. The maximum atomic E-state index is 7.45. The smallest absolute Gasteiger partial charge is 0.145 e. The van der Waals surface area contributed by atoms with Crippen LogP contribution in [0.5, 0.6) is 0 Å². The molecule has 1 spiro atoms. The first-order valence-electron chi connectivity index (χ1n) is 27.5. The highest BCUT2D eigenvalue weighted by Crippen LogP contribution is 2.69. The molecule has 0 bridgehead atoms. The zero-order valence-electron chi connectivity index (χ0n) is 45.9. The standard InChI is InChI=1S/C73H63N3OS/c1-70(2,3)46-30-36-50(37-31-46)74(51-38-32-47(33-39-51)71(4,5)6)53-42-43-54-58(44-53)73(56-23-14-15-25-60(56)76-61-26-16-18-28-64(61)78-65-29-19-24-57(73)68(65)76)59-45-62(67-55-22-13-17-27-63(55)77-69(67)66(54)59)75(49-20-11-10-12-21-49)52-40-34-48(35-41-52)72(7,8)9/h10-45H,1-9H3/t73-/m1/s1. The van der Waals surface area contributed by atoms with Crippen molar-refractivity contribution in [1.82, 2.24) is 0 Å². The van der Waals surface area contributed by atoms with Crippen molar-refractivity contribution in [3.05, 3.63) is 257 Å². The van der Waals surface area contributed by atoms with Crippen LogP contribution in [0.15, 0.2) is 233 Å². The van der Waals surface area contributed by atoms with Gasteiger partial charge < -0.3 is 19.1 Å². The van der Waals surface area contributed by atoms with Crippen LogP contribution < -0.4 is 14.7 Å². The highest BCUT2D eigenvalue weighted by atomic mass is 32.2. The van der Waals surface area contributed by atoms with Crippen LogP contribution in [0.4, 0.5) is 51.2 Å². The van der Waals surface area contributed by atoms with Crippen molar-refractivity contribution in [3.8, 4) is 11.1 Å². The van der Waals surface area contributed by atoms with E-state index in [9.17, 15) is 0 Å². The van der Waals surface area contributed by atoms with E-state index in [4.69, 9.17) is 4.42 Å². The minimum Gasteiger partial charge on any atom is -0.455 e. The number of para-hydroxylation sites is 5. The van der Waals surface area contributed by atoms with E-state index in [0.717, 1.165) is 61.6 Å². The topological polar surface area (TPSA) is 22.9 Å². The van der Waals surface area contributed by atoms with Gasteiger partial charge >= 0.3 is 0 Å². The number of hydrogen-bond donors (Lipinski definition) is 0. The summed E-state index contributed by atoms with van der Waals surface area (Å²) in [5, 5.41) is 2.17. The summed E-state index contributed by atoms with van der Waals surface area (Å²) in [6.07, 6.45) is 0. The summed E-state index contributed by atoms with van der Waals surface area (Å²) in [6.45, 7) is 20.6. The van der Waals surface area contributed by atoms with E-state index < -0.39 is 5.41 Å². The van der Waals surface area contributed by atoms with Gasteiger partial charge in [0.25, 0.3) is 0 Å². The van der Waals surface area contributed by atoms with Crippen molar-refractivity contribution in [1.29, 1.82) is 0 Å². The number of nitrogens with zero attached hydrogens (tertiary/aromatic N) is 3. The van der Waals surface area contributed by atoms with Crippen LogP contribution >= 0.6 is 11.8 Å². The predicted molar refractivity (Wildman–Crippen MR) is 329 cm³/mol. The number of hydrogen-bond acceptors (Lipinski definition) is 5. The van der Waals surface area contributed by atoms with Crippen LogP contribution in [0.1, 0.15) is 101 Å². The van der Waals surface area contributed by atoms with Crippen LogP contribution in [-0.4, -0.2) is 0 Å². The Bertz CT molecular complexity index is 4110. The minimum atomic E-state index is -0.815. The predicted octanol–water partition coefficient (Wildman–Crippen LogP) is 21.0. The second-order valence-electron chi connectivity index (χ2n) is 24.6. The number of anilines is 9. The lowest BCUT2D eigenvalue weighted by molar-refractivity contribution is 0.590. The molecular formula is C73H63N3OS. The van der Waals surface area contributed by atoms with E-state index in [2.05, 4.69) is 295 Å². The third-order valence-electron chi connectivity index (χ3n) is 16.7. The van der Waals surface area contributed by atoms with Crippen molar-refractivity contribution in [2.45, 2.75) is 93.8 Å². The fourth-order valence-corrected chi connectivity index (χ4v) is 13.9. The number of benzene rings is 10. The summed E-state index contributed by atoms with van der Waals surface area (Å²) in [7, 11) is 0. The van der Waals surface area contributed by atoms with Crippen LogP contribution in [0.2, 0.25) is 0 Å². The van der Waals surface area contributed by atoms with Gasteiger partial charge in [0, 0.05) is 49.2 Å². The molecule has 0 N–H and O–H groups in total. The molecule has 1 aromatic heterocycles. The molecule has 0 fully saturated rings. The van der Waals surface area contributed by atoms with Gasteiger partial charge in [-0.3, -0.25) is 0 Å². The molecular weight excluding hydrogens is 967 g/mol. The Morgan fingerprint density at radius 3 is 1.56 bits per heavy atom. The Kier molecular flexibility index (Phi) is 10.7. The Morgan fingerprint density at radius 2 is 0.923 bits per heavy atom. The van der Waals surface area contributed by atoms with Crippen molar-refractivity contribution < 1.29 is 4.42 Å². The number of rotatable bonds is 6. The normalized spacial score (nSPS) is 15.2. The van der Waals surface area contributed by atoms with Gasteiger partial charge in [-0.2, -0.15) is 0 Å². The van der Waals surface area contributed by atoms with Crippen LogP contribution in [0.3, 0.4) is 0 Å². The van der Waals surface area contributed by atoms with E-state index in [0.29, 0.717) is 0 Å². The molecule has 3 heterocycles. The van der Waals surface area contributed by atoms with Gasteiger partial charge in [0.1, 0.15) is 11.2 Å². The van der Waals surface area contributed by atoms with Gasteiger partial charge in [-0.15, -0.1) is 0 Å². The first kappa shape index (κ1) is 48.1. The molecule has 382 valence electrons. The number of furan rings is 1. The van der Waals surface area contributed by atoms with Crippen molar-refractivity contribution >= 4 is 84.9 Å². The molecule has 1 aliphatic carbocycles. The van der Waals surface area contributed by atoms with Gasteiger partial charge in [0.05, 0.1) is 33.6 Å². The fourth-order valence-electron chi connectivity index (χ4n) is 12.8. The fraction of sp³-hybridized carbons (Fsp3) is 0.178. The maximum Gasteiger partial charge on any atom is 0.145 e. The SMILES string of the molecule is CC(C)(C)c1ccc(N(c2ccc(C(C)(C)C)cc2)c2ccc3c(c2)[C@]2(c4ccccc4N4c5ccccc5Sc5cccc2c54)c2cc(N(c4ccccc4)c4ccc(C(C)(C)C)cc4)c4c(oc5ccccc54)c2-3)cc1. The lowest BCUT2D eigenvalue weighted by atomic mass is 9.64. The Labute approximate surface area is 463 Å².